The molecule has 4 heterocycles. The van der Waals surface area contributed by atoms with Gasteiger partial charge in [0.1, 0.15) is 23.6 Å². The van der Waals surface area contributed by atoms with E-state index < -0.39 is 0 Å². The average Bonchev–Trinajstić information content (AvgIpc) is 3.45. The van der Waals surface area contributed by atoms with Gasteiger partial charge in [-0.05, 0) is 39.2 Å². The summed E-state index contributed by atoms with van der Waals surface area (Å²) in [6.07, 6.45) is 6.75. The summed E-state index contributed by atoms with van der Waals surface area (Å²) in [5.41, 5.74) is 3.60. The lowest BCUT2D eigenvalue weighted by atomic mass is 10.0. The lowest BCUT2D eigenvalue weighted by molar-refractivity contribution is 0.191. The van der Waals surface area contributed by atoms with E-state index in [1.165, 1.54) is 36.9 Å². The van der Waals surface area contributed by atoms with Crippen LogP contribution in [-0.2, 0) is 4.74 Å². The maximum Gasteiger partial charge on any atom is 0.158 e. The third-order valence-electron chi connectivity index (χ3n) is 6.37. The van der Waals surface area contributed by atoms with E-state index in [4.69, 9.17) is 4.74 Å². The first-order valence-corrected chi connectivity index (χ1v) is 10.2. The largest absolute Gasteiger partial charge is 0.378 e. The number of hydrogen-bond acceptors (Lipinski definition) is 6. The van der Waals surface area contributed by atoms with Gasteiger partial charge in [-0.25, -0.2) is 15.0 Å². The van der Waals surface area contributed by atoms with Crippen LogP contribution in [0.25, 0.3) is 11.0 Å². The monoisotopic (exact) mass is 381 g/mol. The molecule has 0 bridgehead atoms. The van der Waals surface area contributed by atoms with Gasteiger partial charge in [-0.15, -0.1) is 0 Å². The summed E-state index contributed by atoms with van der Waals surface area (Å²) in [5, 5.41) is 12.0. The summed E-state index contributed by atoms with van der Waals surface area (Å²) in [6.45, 7) is 7.53. The molecule has 0 radical (unpaired) electrons. The first-order valence-electron chi connectivity index (χ1n) is 10.2. The van der Waals surface area contributed by atoms with Gasteiger partial charge in [-0.2, -0.15) is 5.10 Å². The average molecular weight is 381 g/mol. The summed E-state index contributed by atoms with van der Waals surface area (Å²) in [6, 6.07) is 0.639. The number of nitrogens with one attached hydrogen (secondary N) is 2. The molecule has 1 saturated carbocycles. The Morgan fingerprint density at radius 3 is 2.71 bits per heavy atom. The fourth-order valence-corrected chi connectivity index (χ4v) is 4.80. The van der Waals surface area contributed by atoms with E-state index in [9.17, 15) is 0 Å². The molecule has 8 nitrogen and oxygen atoms in total. The highest BCUT2D eigenvalue weighted by molar-refractivity contribution is 5.92. The maximum absolute atomic E-state index is 5.75. The molecule has 3 aromatic heterocycles. The van der Waals surface area contributed by atoms with E-state index in [1.54, 1.807) is 6.33 Å². The molecule has 28 heavy (non-hydrogen) atoms. The minimum Gasteiger partial charge on any atom is -0.378 e. The van der Waals surface area contributed by atoms with E-state index in [0.717, 1.165) is 28.5 Å². The Kier molecular flexibility index (Phi) is 4.30. The minimum atomic E-state index is 0.0860. The van der Waals surface area contributed by atoms with Gasteiger partial charge in [0.15, 0.2) is 5.82 Å². The topological polar surface area (TPSA) is 93.5 Å². The molecule has 8 heteroatoms. The van der Waals surface area contributed by atoms with Crippen LogP contribution in [0.2, 0.25) is 0 Å². The van der Waals surface area contributed by atoms with Gasteiger partial charge >= 0.3 is 0 Å². The van der Waals surface area contributed by atoms with Gasteiger partial charge in [-0.3, -0.25) is 5.10 Å². The Balaban J connectivity index is 1.52. The molecule has 1 aliphatic carbocycles. The Morgan fingerprint density at radius 1 is 1.14 bits per heavy atom. The van der Waals surface area contributed by atoms with Gasteiger partial charge in [0.2, 0.25) is 0 Å². The SMILES string of the molecule is Cc1nc([C@@H]2COC[C@@H]2Nc2ncnc3c2c(C)c(C)n3C2CCCC2)n[nH]1. The molecule has 0 unspecified atom stereocenters. The second-order valence-electron chi connectivity index (χ2n) is 8.11. The molecule has 5 rings (SSSR count). The summed E-state index contributed by atoms with van der Waals surface area (Å²) in [5.74, 6) is 2.61. The molecule has 2 N–H and O–H groups in total. The van der Waals surface area contributed by atoms with Crippen molar-refractivity contribution in [2.75, 3.05) is 18.5 Å². The Bertz CT molecular complexity index is 1000. The van der Waals surface area contributed by atoms with Crippen molar-refractivity contribution in [2.45, 2.75) is 64.5 Å². The third kappa shape index (κ3) is 2.78. The van der Waals surface area contributed by atoms with Crippen LogP contribution in [0.3, 0.4) is 0 Å². The molecular formula is C20H27N7O. The van der Waals surface area contributed by atoms with Crippen LogP contribution < -0.4 is 5.32 Å². The number of aromatic nitrogens is 6. The Labute approximate surface area is 164 Å². The molecule has 0 amide bonds. The predicted octanol–water partition coefficient (Wildman–Crippen LogP) is 3.18. The number of aromatic amines is 1. The van der Waals surface area contributed by atoms with Crippen molar-refractivity contribution in [1.82, 2.24) is 29.7 Å². The van der Waals surface area contributed by atoms with Crippen LogP contribution in [0.5, 0.6) is 0 Å². The van der Waals surface area contributed by atoms with Gasteiger partial charge < -0.3 is 14.6 Å². The summed E-state index contributed by atoms with van der Waals surface area (Å²) in [7, 11) is 0. The van der Waals surface area contributed by atoms with E-state index >= 15 is 0 Å². The lowest BCUT2D eigenvalue weighted by Crippen LogP contribution is -2.27. The van der Waals surface area contributed by atoms with Crippen LogP contribution in [-0.4, -0.2) is 49.0 Å². The Hall–Kier alpha value is -2.48. The van der Waals surface area contributed by atoms with E-state index in [0.29, 0.717) is 19.3 Å². The van der Waals surface area contributed by atoms with Gasteiger partial charge in [0.05, 0.1) is 30.6 Å². The molecule has 2 fully saturated rings. The highest BCUT2D eigenvalue weighted by atomic mass is 16.5. The highest BCUT2D eigenvalue weighted by Gasteiger charge is 2.34. The van der Waals surface area contributed by atoms with Crippen LogP contribution in [0, 0.1) is 20.8 Å². The zero-order valence-corrected chi connectivity index (χ0v) is 16.7. The number of fused-ring (bicyclic) bond motifs is 1. The fraction of sp³-hybridized carbons (Fsp3) is 0.600. The van der Waals surface area contributed by atoms with Crippen LogP contribution in [0.4, 0.5) is 5.82 Å². The number of ether oxygens (including phenoxy) is 1. The van der Waals surface area contributed by atoms with Gasteiger partial charge in [0, 0.05) is 11.7 Å². The van der Waals surface area contributed by atoms with Crippen molar-refractivity contribution in [3.05, 3.63) is 29.2 Å². The quantitative estimate of drug-likeness (QED) is 0.721. The standard InChI is InChI=1S/C20H27N7O/c1-11-12(2)27(14-6-4-5-7-14)20-17(11)19(21-10-22-20)24-16-9-28-8-15(16)18-23-13(3)25-26-18/h10,14-16H,4-9H2,1-3H3,(H,21,22,24)(H,23,25,26)/t15-,16+/m1/s1. The van der Waals surface area contributed by atoms with E-state index in [-0.39, 0.29) is 12.0 Å². The molecule has 0 spiro atoms. The van der Waals surface area contributed by atoms with Crippen molar-refractivity contribution in [1.29, 1.82) is 0 Å². The van der Waals surface area contributed by atoms with Crippen molar-refractivity contribution in [2.24, 2.45) is 0 Å². The van der Waals surface area contributed by atoms with Crippen molar-refractivity contribution in [3.63, 3.8) is 0 Å². The van der Waals surface area contributed by atoms with Crippen molar-refractivity contribution >= 4 is 16.9 Å². The molecule has 0 aromatic carbocycles. The number of aryl methyl sites for hydroxylation is 2. The molecule has 1 aliphatic heterocycles. The van der Waals surface area contributed by atoms with Crippen molar-refractivity contribution in [3.8, 4) is 0 Å². The normalized spacial score (nSPS) is 23.1. The first-order chi connectivity index (χ1) is 13.6. The second-order valence-corrected chi connectivity index (χ2v) is 8.11. The zero-order valence-electron chi connectivity index (χ0n) is 16.7. The first kappa shape index (κ1) is 17.6. The molecule has 148 valence electrons. The smallest absolute Gasteiger partial charge is 0.158 e. The van der Waals surface area contributed by atoms with E-state index in [1.807, 2.05) is 6.92 Å². The zero-order chi connectivity index (χ0) is 19.3. The van der Waals surface area contributed by atoms with Gasteiger partial charge in [-0.1, -0.05) is 12.8 Å². The molecular weight excluding hydrogens is 354 g/mol. The third-order valence-corrected chi connectivity index (χ3v) is 6.37. The van der Waals surface area contributed by atoms with Crippen LogP contribution in [0.1, 0.15) is 60.5 Å². The molecule has 2 atom stereocenters. The molecule has 2 aliphatic rings. The number of rotatable bonds is 4. The van der Waals surface area contributed by atoms with Gasteiger partial charge in [0.25, 0.3) is 0 Å². The number of H-pyrrole nitrogens is 1. The summed E-state index contributed by atoms with van der Waals surface area (Å²) < 4.78 is 8.19. The minimum absolute atomic E-state index is 0.0860. The predicted molar refractivity (Wildman–Crippen MR) is 107 cm³/mol. The Morgan fingerprint density at radius 2 is 1.96 bits per heavy atom. The maximum atomic E-state index is 5.75. The van der Waals surface area contributed by atoms with Crippen LogP contribution >= 0.6 is 0 Å². The van der Waals surface area contributed by atoms with E-state index in [2.05, 4.69) is 48.9 Å². The number of nitrogens with zero attached hydrogens (tertiary/aromatic N) is 5. The second kappa shape index (κ2) is 6.84. The lowest BCUT2D eigenvalue weighted by Gasteiger charge is -2.18. The van der Waals surface area contributed by atoms with Crippen LogP contribution in [0.15, 0.2) is 6.33 Å². The summed E-state index contributed by atoms with van der Waals surface area (Å²) >= 11 is 0. The highest BCUT2D eigenvalue weighted by Crippen LogP contribution is 2.38. The molecule has 3 aromatic rings. The molecule has 1 saturated heterocycles. The number of anilines is 1. The fourth-order valence-electron chi connectivity index (χ4n) is 4.80. The summed E-state index contributed by atoms with van der Waals surface area (Å²) in [4.78, 5) is 13.8. The number of hydrogen-bond donors (Lipinski definition) is 2. The van der Waals surface area contributed by atoms with Crippen molar-refractivity contribution < 1.29 is 4.74 Å².